The zero-order valence-corrected chi connectivity index (χ0v) is 21.0. The summed E-state index contributed by atoms with van der Waals surface area (Å²) in [6.07, 6.45) is 3.75. The number of nitrogens with zero attached hydrogens (tertiary/aromatic N) is 3. The third kappa shape index (κ3) is 5.77. The second kappa shape index (κ2) is 11.3. The Balaban J connectivity index is 1.32. The fourth-order valence-corrected chi connectivity index (χ4v) is 5.14. The molecule has 2 aliphatic heterocycles. The fraction of sp³-hybridized carbons (Fsp3) is 0.464. The van der Waals surface area contributed by atoms with Crippen LogP contribution in [-0.4, -0.2) is 79.9 Å². The number of carbonyl (C=O) groups excluding carboxylic acids is 3. The molecule has 2 N–H and O–H groups in total. The molecule has 3 fully saturated rings. The monoisotopic (exact) mass is 507 g/mol. The predicted octanol–water partition coefficient (Wildman–Crippen LogP) is 2.96. The van der Waals surface area contributed by atoms with E-state index in [1.165, 1.54) is 12.1 Å². The summed E-state index contributed by atoms with van der Waals surface area (Å²) in [5.74, 6) is -0.631. The van der Waals surface area contributed by atoms with Gasteiger partial charge in [0, 0.05) is 62.9 Å². The van der Waals surface area contributed by atoms with Crippen LogP contribution in [0.3, 0.4) is 0 Å². The van der Waals surface area contributed by atoms with E-state index in [2.05, 4.69) is 15.5 Å². The molecular weight excluding hydrogens is 473 g/mol. The van der Waals surface area contributed by atoms with Crippen LogP contribution in [0.15, 0.2) is 42.5 Å². The van der Waals surface area contributed by atoms with Crippen molar-refractivity contribution in [2.24, 2.45) is 5.92 Å². The highest BCUT2D eigenvalue weighted by Gasteiger charge is 2.29. The lowest BCUT2D eigenvalue weighted by molar-refractivity contribution is -0.122. The van der Waals surface area contributed by atoms with E-state index in [9.17, 15) is 18.8 Å². The predicted molar refractivity (Wildman–Crippen MR) is 140 cm³/mol. The van der Waals surface area contributed by atoms with Crippen molar-refractivity contribution in [3.63, 3.8) is 0 Å². The molecule has 8 nitrogen and oxygen atoms in total. The summed E-state index contributed by atoms with van der Waals surface area (Å²) in [5.41, 5.74) is 2.39. The molecule has 3 aliphatic rings. The minimum absolute atomic E-state index is 0.00371. The van der Waals surface area contributed by atoms with Gasteiger partial charge < -0.3 is 25.3 Å². The van der Waals surface area contributed by atoms with Gasteiger partial charge in [-0.25, -0.2) is 4.39 Å². The summed E-state index contributed by atoms with van der Waals surface area (Å²) in [5, 5.41) is 6.42. The van der Waals surface area contributed by atoms with Gasteiger partial charge >= 0.3 is 0 Å². The topological polar surface area (TPSA) is 85.0 Å². The average Bonchev–Trinajstić information content (AvgIpc) is 3.17. The Hall–Kier alpha value is -3.46. The van der Waals surface area contributed by atoms with E-state index in [0.29, 0.717) is 56.1 Å². The van der Waals surface area contributed by atoms with Crippen molar-refractivity contribution in [2.45, 2.75) is 25.7 Å². The maximum Gasteiger partial charge on any atom is 0.254 e. The molecule has 196 valence electrons. The van der Waals surface area contributed by atoms with Crippen molar-refractivity contribution in [1.82, 2.24) is 15.1 Å². The molecule has 3 amide bonds. The lowest BCUT2D eigenvalue weighted by atomic mass is 9.85. The number of benzene rings is 2. The lowest BCUT2D eigenvalue weighted by Gasteiger charge is -2.37. The summed E-state index contributed by atoms with van der Waals surface area (Å²) >= 11 is 0. The number of rotatable bonds is 5. The lowest BCUT2D eigenvalue weighted by Crippen LogP contribution is -2.49. The molecule has 37 heavy (non-hydrogen) atoms. The summed E-state index contributed by atoms with van der Waals surface area (Å²) in [7, 11) is 0. The first kappa shape index (κ1) is 25.2. The van der Waals surface area contributed by atoms with E-state index in [1.54, 1.807) is 23.1 Å². The highest BCUT2D eigenvalue weighted by molar-refractivity contribution is 6.01. The molecule has 1 saturated carbocycles. The van der Waals surface area contributed by atoms with Gasteiger partial charge in [0.2, 0.25) is 5.91 Å². The number of halogens is 1. The van der Waals surface area contributed by atoms with Crippen LogP contribution in [0.5, 0.6) is 0 Å². The van der Waals surface area contributed by atoms with Gasteiger partial charge in [0.15, 0.2) is 0 Å². The van der Waals surface area contributed by atoms with Crippen LogP contribution in [0.25, 0.3) is 0 Å². The van der Waals surface area contributed by atoms with E-state index in [-0.39, 0.29) is 23.6 Å². The van der Waals surface area contributed by atoms with E-state index >= 15 is 0 Å². The van der Waals surface area contributed by atoms with Crippen molar-refractivity contribution in [3.8, 4) is 0 Å². The van der Waals surface area contributed by atoms with Crippen molar-refractivity contribution in [2.75, 3.05) is 62.6 Å². The van der Waals surface area contributed by atoms with E-state index < -0.39 is 5.82 Å². The molecule has 2 heterocycles. The fourth-order valence-electron chi connectivity index (χ4n) is 5.14. The van der Waals surface area contributed by atoms with Crippen LogP contribution in [0.1, 0.15) is 46.4 Å². The van der Waals surface area contributed by atoms with Crippen LogP contribution in [-0.2, 0) is 4.79 Å². The van der Waals surface area contributed by atoms with Crippen LogP contribution in [0.2, 0.25) is 0 Å². The Morgan fingerprint density at radius 1 is 0.811 bits per heavy atom. The van der Waals surface area contributed by atoms with Crippen molar-refractivity contribution >= 4 is 29.1 Å². The second-order valence-corrected chi connectivity index (χ2v) is 10.0. The van der Waals surface area contributed by atoms with Gasteiger partial charge in [0.25, 0.3) is 11.8 Å². The molecule has 1 aliphatic carbocycles. The van der Waals surface area contributed by atoms with E-state index in [1.807, 2.05) is 17.0 Å². The van der Waals surface area contributed by atoms with Gasteiger partial charge in [0.05, 0.1) is 11.4 Å². The summed E-state index contributed by atoms with van der Waals surface area (Å²) in [6.45, 7) is 5.13. The summed E-state index contributed by atoms with van der Waals surface area (Å²) in [4.78, 5) is 44.7. The van der Waals surface area contributed by atoms with Gasteiger partial charge in [-0.2, -0.15) is 0 Å². The number of amides is 3. The molecule has 2 aromatic carbocycles. The molecule has 0 atom stereocenters. The molecule has 0 spiro atoms. The summed E-state index contributed by atoms with van der Waals surface area (Å²) in [6, 6.07) is 11.3. The molecule has 0 bridgehead atoms. The van der Waals surface area contributed by atoms with Crippen LogP contribution in [0, 0.1) is 11.7 Å². The van der Waals surface area contributed by atoms with Gasteiger partial charge in [-0.15, -0.1) is 0 Å². The second-order valence-electron chi connectivity index (χ2n) is 10.0. The Morgan fingerprint density at radius 3 is 2.24 bits per heavy atom. The standard InChI is InChI=1S/C28H34FN5O3/c29-23-7-2-6-21(18-23)27(36)34-16-14-32(15-17-34)25-9-8-22(28(37)33-12-3-10-30-11-13-33)19-24(25)31-26(35)20-4-1-5-20/h2,6-9,18-20,30H,1,3-5,10-17H2,(H,31,35). The zero-order valence-electron chi connectivity index (χ0n) is 21.0. The van der Waals surface area contributed by atoms with Crippen molar-refractivity contribution in [3.05, 3.63) is 59.4 Å². The van der Waals surface area contributed by atoms with Crippen molar-refractivity contribution in [1.29, 1.82) is 0 Å². The Kier molecular flexibility index (Phi) is 7.69. The number of piperazine rings is 1. The van der Waals surface area contributed by atoms with E-state index in [0.717, 1.165) is 44.5 Å². The molecule has 2 aromatic rings. The third-order valence-corrected chi connectivity index (χ3v) is 7.58. The maximum absolute atomic E-state index is 13.6. The van der Waals surface area contributed by atoms with Crippen LogP contribution >= 0.6 is 0 Å². The first-order valence-electron chi connectivity index (χ1n) is 13.2. The number of anilines is 2. The minimum atomic E-state index is -0.428. The number of hydrogen-bond acceptors (Lipinski definition) is 5. The molecule has 0 unspecified atom stereocenters. The molecule has 5 rings (SSSR count). The van der Waals surface area contributed by atoms with Crippen LogP contribution < -0.4 is 15.5 Å². The summed E-state index contributed by atoms with van der Waals surface area (Å²) < 4.78 is 13.6. The average molecular weight is 508 g/mol. The molecule has 9 heteroatoms. The zero-order chi connectivity index (χ0) is 25.8. The Morgan fingerprint density at radius 2 is 1.54 bits per heavy atom. The highest BCUT2D eigenvalue weighted by atomic mass is 19.1. The normalized spacial score (nSPS) is 18.7. The van der Waals surface area contributed by atoms with Gasteiger partial charge in [-0.05, 0) is 62.2 Å². The molecular formula is C28H34FN5O3. The molecule has 0 aromatic heterocycles. The smallest absolute Gasteiger partial charge is 0.254 e. The van der Waals surface area contributed by atoms with Gasteiger partial charge in [-0.1, -0.05) is 12.5 Å². The Labute approximate surface area is 216 Å². The largest absolute Gasteiger partial charge is 0.366 e. The number of nitrogens with one attached hydrogen (secondary N) is 2. The molecule has 0 radical (unpaired) electrons. The first-order chi connectivity index (χ1) is 18.0. The number of hydrogen-bond donors (Lipinski definition) is 2. The molecule has 2 saturated heterocycles. The Bertz CT molecular complexity index is 1150. The third-order valence-electron chi connectivity index (χ3n) is 7.58. The van der Waals surface area contributed by atoms with Gasteiger partial charge in [0.1, 0.15) is 5.82 Å². The SMILES string of the molecule is O=C(Nc1cc(C(=O)N2CCCNCC2)ccc1N1CCN(C(=O)c2cccc(F)c2)CC1)C1CCC1. The quantitative estimate of drug-likeness (QED) is 0.650. The van der Waals surface area contributed by atoms with Crippen LogP contribution in [0.4, 0.5) is 15.8 Å². The maximum atomic E-state index is 13.6. The van der Waals surface area contributed by atoms with E-state index in [4.69, 9.17) is 0 Å². The highest BCUT2D eigenvalue weighted by Crippen LogP contribution is 2.32. The first-order valence-corrected chi connectivity index (χ1v) is 13.2. The van der Waals surface area contributed by atoms with Gasteiger partial charge in [-0.3, -0.25) is 14.4 Å². The van der Waals surface area contributed by atoms with Crippen molar-refractivity contribution < 1.29 is 18.8 Å². The minimum Gasteiger partial charge on any atom is -0.366 e. The number of carbonyl (C=O) groups is 3.